The summed E-state index contributed by atoms with van der Waals surface area (Å²) in [5, 5.41) is 7.34. The van der Waals surface area contributed by atoms with E-state index in [0.29, 0.717) is 59.4 Å². The van der Waals surface area contributed by atoms with Crippen molar-refractivity contribution in [2.75, 3.05) is 27.3 Å². The topological polar surface area (TPSA) is 189 Å². The Morgan fingerprint density at radius 3 is 1.93 bits per heavy atom. The van der Waals surface area contributed by atoms with Gasteiger partial charge in [-0.3, -0.25) is 14.2 Å². The molecule has 2 saturated heterocycles. The number of hydrogen-bond acceptors (Lipinski definition) is 10. The maximum atomic E-state index is 17.0. The lowest BCUT2D eigenvalue weighted by molar-refractivity contribution is -0.136. The van der Waals surface area contributed by atoms with Crippen LogP contribution in [0.3, 0.4) is 0 Å². The molecule has 3 aromatic carbocycles. The van der Waals surface area contributed by atoms with Crippen molar-refractivity contribution in [1.82, 2.24) is 44.9 Å². The number of nitrogens with one attached hydrogen (secondary N) is 4. The molecule has 2 fully saturated rings. The Morgan fingerprint density at radius 2 is 1.35 bits per heavy atom. The zero-order chi connectivity index (χ0) is 48.2. The Hall–Kier alpha value is -7.21. The molecule has 0 radical (unpaired) electrons. The van der Waals surface area contributed by atoms with E-state index in [1.54, 1.807) is 33.5 Å². The molecule has 5 atom stereocenters. The second-order valence-corrected chi connectivity index (χ2v) is 19.7. The van der Waals surface area contributed by atoms with Gasteiger partial charge in [-0.05, 0) is 85.4 Å². The van der Waals surface area contributed by atoms with Gasteiger partial charge in [-0.2, -0.15) is 0 Å². The number of benzene rings is 3. The molecule has 18 heteroatoms. The Balaban J connectivity index is 0.979. The second kappa shape index (κ2) is 18.4. The number of halogens is 1. The van der Waals surface area contributed by atoms with Crippen molar-refractivity contribution in [2.45, 2.75) is 83.8 Å². The number of thiophene rings is 1. The number of alkyl carbamates (subject to hydrolysis) is 2. The first kappa shape index (κ1) is 45.6. The molecule has 358 valence electrons. The van der Waals surface area contributed by atoms with Crippen molar-refractivity contribution in [3.05, 3.63) is 101 Å². The number of likely N-dealkylation sites (tertiary alicyclic amines) is 2. The number of aromatic amines is 2. The van der Waals surface area contributed by atoms with Crippen LogP contribution in [-0.4, -0.2) is 97.7 Å². The van der Waals surface area contributed by atoms with E-state index in [2.05, 4.69) is 49.4 Å². The van der Waals surface area contributed by atoms with Crippen LogP contribution >= 0.6 is 11.3 Å². The highest BCUT2D eigenvalue weighted by Crippen LogP contribution is 2.49. The first-order valence-corrected chi connectivity index (χ1v) is 24.2. The average Bonchev–Trinajstić information content (AvgIpc) is 4.21. The Labute approximate surface area is 401 Å². The fraction of sp³-hybridized carbons (Fsp3) is 0.373. The maximum Gasteiger partial charge on any atom is 0.407 e. The van der Waals surface area contributed by atoms with Gasteiger partial charge in [0.1, 0.15) is 35.3 Å². The van der Waals surface area contributed by atoms with Gasteiger partial charge in [0.2, 0.25) is 18.0 Å². The highest BCUT2D eigenvalue weighted by molar-refractivity contribution is 7.19. The summed E-state index contributed by atoms with van der Waals surface area (Å²) in [5.74, 6) is 0.394. The minimum Gasteiger partial charge on any atom is -0.464 e. The number of carbonyl (C=O) groups excluding carboxylic acids is 4. The Kier molecular flexibility index (Phi) is 12.1. The predicted octanol–water partition coefficient (Wildman–Crippen LogP) is 9.47. The molecule has 7 heterocycles. The van der Waals surface area contributed by atoms with Crippen molar-refractivity contribution >= 4 is 56.3 Å². The van der Waals surface area contributed by atoms with Gasteiger partial charge in [0.05, 0.1) is 71.7 Å². The maximum absolute atomic E-state index is 17.0. The zero-order valence-electron chi connectivity index (χ0n) is 39.2. The number of hydrogen-bond donors (Lipinski definition) is 4. The molecule has 0 saturated carbocycles. The van der Waals surface area contributed by atoms with E-state index in [4.69, 9.17) is 24.2 Å². The summed E-state index contributed by atoms with van der Waals surface area (Å²) in [4.78, 5) is 72.8. The molecule has 0 aliphatic carbocycles. The summed E-state index contributed by atoms with van der Waals surface area (Å²) in [7, 11) is 2.55. The van der Waals surface area contributed by atoms with Crippen LogP contribution < -0.4 is 15.4 Å². The molecule has 0 spiro atoms. The molecule has 4 amide bonds. The van der Waals surface area contributed by atoms with E-state index in [0.717, 1.165) is 56.4 Å². The molecule has 0 bridgehead atoms. The molecule has 7 aromatic rings. The van der Waals surface area contributed by atoms with Crippen LogP contribution in [0.5, 0.6) is 5.75 Å². The third kappa shape index (κ3) is 8.33. The van der Waals surface area contributed by atoms with E-state index in [-0.39, 0.29) is 35.7 Å². The minimum absolute atomic E-state index is 0.155. The highest BCUT2D eigenvalue weighted by Gasteiger charge is 2.40. The molecule has 4 N–H and O–H groups in total. The van der Waals surface area contributed by atoms with Gasteiger partial charge < -0.3 is 44.6 Å². The lowest BCUT2D eigenvalue weighted by Crippen LogP contribution is -2.51. The molecule has 4 aromatic heterocycles. The van der Waals surface area contributed by atoms with E-state index >= 15 is 4.39 Å². The van der Waals surface area contributed by atoms with Crippen LogP contribution in [0.15, 0.2) is 79.1 Å². The lowest BCUT2D eigenvalue weighted by atomic mass is 10.0. The van der Waals surface area contributed by atoms with Crippen LogP contribution in [0.1, 0.15) is 88.2 Å². The molecule has 16 nitrogen and oxygen atoms in total. The first-order chi connectivity index (χ1) is 33.3. The lowest BCUT2D eigenvalue weighted by Gasteiger charge is -2.30. The Morgan fingerprint density at radius 1 is 0.754 bits per heavy atom. The van der Waals surface area contributed by atoms with Crippen LogP contribution in [0.2, 0.25) is 0 Å². The molecule has 3 aliphatic rings. The molecule has 69 heavy (non-hydrogen) atoms. The fourth-order valence-corrected chi connectivity index (χ4v) is 11.2. The zero-order valence-corrected chi connectivity index (χ0v) is 40.0. The number of nitrogens with zero attached hydrogens (tertiary/aromatic N) is 5. The van der Waals surface area contributed by atoms with Gasteiger partial charge >= 0.3 is 12.2 Å². The van der Waals surface area contributed by atoms with Crippen molar-refractivity contribution in [1.29, 1.82) is 0 Å². The van der Waals surface area contributed by atoms with Gasteiger partial charge in [-0.25, -0.2) is 23.9 Å². The van der Waals surface area contributed by atoms with Gasteiger partial charge in [0, 0.05) is 34.3 Å². The molecule has 3 aliphatic heterocycles. The number of H-pyrrole nitrogens is 2. The highest BCUT2D eigenvalue weighted by atomic mass is 32.1. The van der Waals surface area contributed by atoms with E-state index in [1.165, 1.54) is 20.3 Å². The summed E-state index contributed by atoms with van der Waals surface area (Å²) >= 11 is 1.62. The molecule has 1 unspecified atom stereocenters. The third-order valence-corrected chi connectivity index (χ3v) is 14.8. The van der Waals surface area contributed by atoms with Crippen molar-refractivity contribution < 1.29 is 37.8 Å². The molecular weight excluding hydrogens is 902 g/mol. The molecular formula is C51H54FN9O7S. The van der Waals surface area contributed by atoms with Crippen LogP contribution in [0.25, 0.3) is 54.8 Å². The monoisotopic (exact) mass is 955 g/mol. The van der Waals surface area contributed by atoms with E-state index in [1.807, 2.05) is 64.1 Å². The number of aromatic nitrogens is 5. The van der Waals surface area contributed by atoms with E-state index < -0.39 is 36.3 Å². The standard InChI is InChI=1S/C51H54FN9O7S/c1-26(2)43(57-50(64)66-5)47(62)59-17-9-12-36(59)45-53-24-33(55-45)28-15-16-35-31(19-28)21-38-42-32(52)20-30(22-39(42)68-49(61(35)38)41-23-29-11-7-8-14-40(29)69-41)34-25-54-46(56-34)37-13-10-18-60(37)48(63)44(27(3)4)58-51(65)67-6/h7-8,11,14-16,19-27,36-37,43-44,49H,9-10,12-13,17-18H2,1-6H3,(H,53,55)(H,54,56)(H,57,64)(H,58,65)/t36-,37-,43-,44-,49?/m0/s1. The number of imidazole rings is 2. The van der Waals surface area contributed by atoms with Crippen LogP contribution in [0.4, 0.5) is 14.0 Å². The normalized spacial score (nSPS) is 18.6. The first-order valence-electron chi connectivity index (χ1n) is 23.4. The summed E-state index contributed by atoms with van der Waals surface area (Å²) in [6, 6.07) is 19.5. The van der Waals surface area contributed by atoms with Crippen LogP contribution in [0, 0.1) is 17.7 Å². The number of ether oxygens (including phenoxy) is 3. The number of methoxy groups -OCH3 is 2. The van der Waals surface area contributed by atoms with Gasteiger partial charge in [-0.1, -0.05) is 52.0 Å². The van der Waals surface area contributed by atoms with Gasteiger partial charge in [0.15, 0.2) is 0 Å². The van der Waals surface area contributed by atoms with E-state index in [9.17, 15) is 19.2 Å². The number of amides is 4. The minimum atomic E-state index is -0.775. The largest absolute Gasteiger partial charge is 0.464 e. The third-order valence-electron chi connectivity index (χ3n) is 13.6. The second-order valence-electron chi connectivity index (χ2n) is 18.6. The smallest absolute Gasteiger partial charge is 0.407 e. The Bertz CT molecular complexity index is 3090. The SMILES string of the molecule is COC(=O)N[C@H](C(=O)N1CCC[C@H]1c1ncc(-c2cc(F)c3c(c2)OC(c2cc4ccccc4s2)n2c-3cc3cc(-c4cnc([C@@H]5CCCN5C(=O)[C@@H](NC(=O)OC)C(C)C)[nH]4)ccc32)[nH]1)C(C)C. The van der Waals surface area contributed by atoms with Crippen molar-refractivity contribution in [3.8, 4) is 39.5 Å². The predicted molar refractivity (Wildman–Crippen MR) is 259 cm³/mol. The number of carbonyl (C=O) groups is 4. The van der Waals surface area contributed by atoms with Crippen molar-refractivity contribution in [2.24, 2.45) is 11.8 Å². The number of rotatable bonds is 11. The average molecular weight is 956 g/mol. The van der Waals surface area contributed by atoms with Gasteiger partial charge in [-0.15, -0.1) is 11.3 Å². The van der Waals surface area contributed by atoms with Gasteiger partial charge in [0.25, 0.3) is 0 Å². The summed E-state index contributed by atoms with van der Waals surface area (Å²) in [6.45, 7) is 8.56. The number of fused-ring (bicyclic) bond motifs is 6. The summed E-state index contributed by atoms with van der Waals surface area (Å²) in [6.07, 6.45) is 4.42. The van der Waals surface area contributed by atoms with Crippen LogP contribution in [-0.2, 0) is 19.1 Å². The fourth-order valence-electron chi connectivity index (χ4n) is 10.1. The summed E-state index contributed by atoms with van der Waals surface area (Å²) < 4.78 is 36.6. The van der Waals surface area contributed by atoms with Crippen molar-refractivity contribution in [3.63, 3.8) is 0 Å². The summed E-state index contributed by atoms with van der Waals surface area (Å²) in [5.41, 5.74) is 4.57. The quantitative estimate of drug-likeness (QED) is 0.0979. The molecule has 10 rings (SSSR count).